The average molecular weight is 416 g/mol. The van der Waals surface area contributed by atoms with Crippen molar-refractivity contribution in [1.82, 2.24) is 4.31 Å². The van der Waals surface area contributed by atoms with Crippen LogP contribution in [0.5, 0.6) is 17.2 Å². The first-order valence-corrected chi connectivity index (χ1v) is 10.9. The van der Waals surface area contributed by atoms with E-state index in [2.05, 4.69) is 0 Å². The molecule has 2 aromatic carbocycles. The van der Waals surface area contributed by atoms with Gasteiger partial charge in [-0.05, 0) is 35.4 Å². The third-order valence-electron chi connectivity index (χ3n) is 5.79. The first-order chi connectivity index (χ1) is 13.8. The van der Waals surface area contributed by atoms with Gasteiger partial charge in [0, 0.05) is 25.9 Å². The van der Waals surface area contributed by atoms with Crippen molar-refractivity contribution in [3.8, 4) is 28.4 Å². The van der Waals surface area contributed by atoms with E-state index in [0.717, 1.165) is 11.1 Å². The van der Waals surface area contributed by atoms with Crippen LogP contribution in [0.4, 0.5) is 0 Å². The Bertz CT molecular complexity index is 1110. The highest BCUT2D eigenvalue weighted by Gasteiger charge is 2.44. The number of carbonyl (C=O) groups is 1. The molecular weight excluding hydrogens is 396 g/mol. The van der Waals surface area contributed by atoms with Crippen LogP contribution in [-0.2, 0) is 10.2 Å². The molecule has 1 fully saturated rings. The van der Waals surface area contributed by atoms with Gasteiger partial charge in [0.05, 0.1) is 12.0 Å². The summed E-state index contributed by atoms with van der Waals surface area (Å²) in [7, 11) is -3.72. The van der Waals surface area contributed by atoms with Crippen molar-refractivity contribution >= 4 is 16.0 Å². The highest BCUT2D eigenvalue weighted by molar-refractivity contribution is 7.86. The van der Waals surface area contributed by atoms with E-state index in [-0.39, 0.29) is 32.1 Å². The number of Topliss-reactive ketones (excluding diaryl/α,β-unsaturated/α-hetero) is 1. The summed E-state index contributed by atoms with van der Waals surface area (Å²) in [5, 5.41) is 5.21. The molecule has 29 heavy (non-hydrogen) atoms. The quantitative estimate of drug-likeness (QED) is 0.803. The molecule has 0 aliphatic carbocycles. The molecule has 1 saturated heterocycles. The van der Waals surface area contributed by atoms with Gasteiger partial charge in [-0.2, -0.15) is 12.7 Å². The molecule has 3 aliphatic rings. The minimum absolute atomic E-state index is 0.00195. The fourth-order valence-corrected chi connectivity index (χ4v) is 4.87. The Balaban J connectivity index is 1.41. The minimum Gasteiger partial charge on any atom is -0.486 e. The normalized spacial score (nSPS) is 20.4. The van der Waals surface area contributed by atoms with Crippen molar-refractivity contribution in [2.24, 2.45) is 5.14 Å². The van der Waals surface area contributed by atoms with Gasteiger partial charge in [-0.3, -0.25) is 4.79 Å². The lowest BCUT2D eigenvalue weighted by Crippen LogP contribution is -2.53. The van der Waals surface area contributed by atoms with E-state index in [4.69, 9.17) is 19.3 Å². The Kier molecular flexibility index (Phi) is 4.09. The van der Waals surface area contributed by atoms with Crippen LogP contribution >= 0.6 is 0 Å². The van der Waals surface area contributed by atoms with Crippen LogP contribution in [0.1, 0.15) is 29.6 Å². The Morgan fingerprint density at radius 3 is 2.31 bits per heavy atom. The van der Waals surface area contributed by atoms with Gasteiger partial charge in [0.25, 0.3) is 10.2 Å². The summed E-state index contributed by atoms with van der Waals surface area (Å²) >= 11 is 0. The number of ether oxygens (including phenoxy) is 3. The summed E-state index contributed by atoms with van der Waals surface area (Å²) in [6, 6.07) is 11.2. The Labute approximate surface area is 168 Å². The molecule has 0 amide bonds. The number of ketones is 1. The SMILES string of the molecule is NS(=O)(=O)N1CCC2(CC1)CC(=O)c1cc(-c3ccc4c(c3)OCO4)ccc1O2. The monoisotopic (exact) mass is 416 g/mol. The van der Waals surface area contributed by atoms with Crippen LogP contribution in [-0.4, -0.2) is 44.0 Å². The van der Waals surface area contributed by atoms with Gasteiger partial charge < -0.3 is 14.2 Å². The molecule has 3 aliphatic heterocycles. The van der Waals surface area contributed by atoms with Crippen molar-refractivity contribution < 1.29 is 27.4 Å². The van der Waals surface area contributed by atoms with Gasteiger partial charge in [-0.1, -0.05) is 12.1 Å². The first-order valence-electron chi connectivity index (χ1n) is 9.37. The second kappa shape index (κ2) is 6.45. The van der Waals surface area contributed by atoms with E-state index >= 15 is 0 Å². The predicted octanol–water partition coefficient (Wildman–Crippen LogP) is 2.09. The van der Waals surface area contributed by atoms with E-state index in [9.17, 15) is 13.2 Å². The molecule has 0 radical (unpaired) electrons. The van der Waals surface area contributed by atoms with Gasteiger partial charge in [0.15, 0.2) is 17.3 Å². The molecular formula is C20H20N2O6S. The molecule has 0 saturated carbocycles. The zero-order valence-electron chi connectivity index (χ0n) is 15.6. The molecule has 1 spiro atoms. The van der Waals surface area contributed by atoms with Gasteiger partial charge >= 0.3 is 0 Å². The maximum atomic E-state index is 12.9. The minimum atomic E-state index is -3.72. The zero-order chi connectivity index (χ0) is 20.2. The van der Waals surface area contributed by atoms with Crippen LogP contribution in [0.3, 0.4) is 0 Å². The van der Waals surface area contributed by atoms with E-state index in [1.54, 1.807) is 6.07 Å². The lowest BCUT2D eigenvalue weighted by molar-refractivity contribution is 0.00594. The van der Waals surface area contributed by atoms with Gasteiger partial charge in [-0.15, -0.1) is 0 Å². The number of nitrogens with zero attached hydrogens (tertiary/aromatic N) is 1. The van der Waals surface area contributed by atoms with Crippen LogP contribution in [0.2, 0.25) is 0 Å². The average Bonchev–Trinajstić information content (AvgIpc) is 3.15. The Hall–Kier alpha value is -2.62. The van der Waals surface area contributed by atoms with Gasteiger partial charge in [0.2, 0.25) is 6.79 Å². The van der Waals surface area contributed by atoms with Crippen LogP contribution in [0.25, 0.3) is 11.1 Å². The summed E-state index contributed by atoms with van der Waals surface area (Å²) in [6.07, 6.45) is 1.08. The molecule has 0 aromatic heterocycles. The number of carbonyl (C=O) groups excluding carboxylic acids is 1. The molecule has 9 heteroatoms. The molecule has 152 valence electrons. The molecule has 2 N–H and O–H groups in total. The Morgan fingerprint density at radius 2 is 1.59 bits per heavy atom. The first kappa shape index (κ1) is 18.4. The molecule has 0 atom stereocenters. The lowest BCUT2D eigenvalue weighted by Gasteiger charge is -2.43. The molecule has 0 unspecified atom stereocenters. The van der Waals surface area contributed by atoms with Crippen LogP contribution in [0.15, 0.2) is 36.4 Å². The van der Waals surface area contributed by atoms with E-state index in [0.29, 0.717) is 35.7 Å². The van der Waals surface area contributed by atoms with E-state index in [1.165, 1.54) is 4.31 Å². The molecule has 5 rings (SSSR count). The number of rotatable bonds is 2. The summed E-state index contributed by atoms with van der Waals surface area (Å²) < 4.78 is 41.3. The standard InChI is InChI=1S/C20H20N2O6S/c21-29(24,25)22-7-5-20(6-8-22)11-16(23)15-9-13(1-3-17(15)28-20)14-2-4-18-19(10-14)27-12-26-18/h1-4,9-10H,5-8,11-12H2,(H2,21,24,25). The molecule has 8 nitrogen and oxygen atoms in total. The van der Waals surface area contributed by atoms with Gasteiger partial charge in [0.1, 0.15) is 11.4 Å². The fourth-order valence-electron chi connectivity index (χ4n) is 4.18. The molecule has 2 aromatic rings. The third kappa shape index (κ3) is 3.25. The van der Waals surface area contributed by atoms with Crippen molar-refractivity contribution in [3.05, 3.63) is 42.0 Å². The predicted molar refractivity (Wildman–Crippen MR) is 104 cm³/mol. The van der Waals surface area contributed by atoms with E-state index < -0.39 is 15.8 Å². The second-order valence-electron chi connectivity index (χ2n) is 7.61. The number of piperidine rings is 1. The highest BCUT2D eigenvalue weighted by Crippen LogP contribution is 2.42. The second-order valence-corrected chi connectivity index (χ2v) is 9.15. The summed E-state index contributed by atoms with van der Waals surface area (Å²) in [4.78, 5) is 12.9. The highest BCUT2D eigenvalue weighted by atomic mass is 32.2. The topological polar surface area (TPSA) is 108 Å². The van der Waals surface area contributed by atoms with Crippen molar-refractivity contribution in [1.29, 1.82) is 0 Å². The summed E-state index contributed by atoms with van der Waals surface area (Å²) in [6.45, 7) is 0.702. The molecule has 3 heterocycles. The van der Waals surface area contributed by atoms with Crippen molar-refractivity contribution in [2.45, 2.75) is 24.9 Å². The van der Waals surface area contributed by atoms with Crippen LogP contribution in [0, 0.1) is 0 Å². The zero-order valence-corrected chi connectivity index (χ0v) is 16.4. The number of nitrogens with two attached hydrogens (primary N) is 1. The number of benzene rings is 2. The smallest absolute Gasteiger partial charge is 0.276 e. The number of fused-ring (bicyclic) bond motifs is 2. The number of hydrogen-bond acceptors (Lipinski definition) is 6. The number of hydrogen-bond donors (Lipinski definition) is 1. The maximum absolute atomic E-state index is 12.9. The Morgan fingerprint density at radius 1 is 0.931 bits per heavy atom. The summed E-state index contributed by atoms with van der Waals surface area (Å²) in [5.74, 6) is 1.93. The van der Waals surface area contributed by atoms with Crippen LogP contribution < -0.4 is 19.3 Å². The summed E-state index contributed by atoms with van der Waals surface area (Å²) in [5.41, 5.74) is 1.68. The van der Waals surface area contributed by atoms with Crippen molar-refractivity contribution in [3.63, 3.8) is 0 Å². The maximum Gasteiger partial charge on any atom is 0.276 e. The lowest BCUT2D eigenvalue weighted by atomic mass is 9.82. The molecule has 0 bridgehead atoms. The van der Waals surface area contributed by atoms with Gasteiger partial charge in [-0.25, -0.2) is 5.14 Å². The fraction of sp³-hybridized carbons (Fsp3) is 0.350. The third-order valence-corrected chi connectivity index (χ3v) is 6.87. The largest absolute Gasteiger partial charge is 0.486 e. The van der Waals surface area contributed by atoms with Crippen molar-refractivity contribution in [2.75, 3.05) is 19.9 Å². The van der Waals surface area contributed by atoms with E-state index in [1.807, 2.05) is 30.3 Å².